The molecule has 0 fully saturated rings. The van der Waals surface area contributed by atoms with E-state index in [1.54, 1.807) is 11.8 Å². The second kappa shape index (κ2) is 4.34. The summed E-state index contributed by atoms with van der Waals surface area (Å²) in [5.41, 5.74) is 1.12. The monoisotopic (exact) mass is 238 g/mol. The Morgan fingerprint density at radius 3 is 3.13 bits per heavy atom. The molecule has 15 heavy (non-hydrogen) atoms. The maximum Gasteiger partial charge on any atom is 0.0634 e. The van der Waals surface area contributed by atoms with Crippen molar-refractivity contribution in [2.45, 2.75) is 29.5 Å². The van der Waals surface area contributed by atoms with Crippen LogP contribution in [0.4, 0.5) is 5.69 Å². The Morgan fingerprint density at radius 2 is 2.40 bits per heavy atom. The molecule has 1 aromatic rings. The molecule has 0 saturated carbocycles. The molecule has 2 nitrogen and oxygen atoms in total. The summed E-state index contributed by atoms with van der Waals surface area (Å²) in [5, 5.41) is 13.2. The number of nitriles is 1. The van der Waals surface area contributed by atoms with Crippen LogP contribution in [0, 0.1) is 11.3 Å². The van der Waals surface area contributed by atoms with Gasteiger partial charge in [-0.2, -0.15) is 5.26 Å². The number of thioether (sulfide) groups is 1. The normalized spacial score (nSPS) is 23.8. The quantitative estimate of drug-likeness (QED) is 0.813. The Morgan fingerprint density at radius 1 is 1.60 bits per heavy atom. The lowest BCUT2D eigenvalue weighted by molar-refractivity contribution is 0.730. The fraction of sp³-hybridized carbons (Fsp3) is 0.364. The number of rotatable bonds is 1. The fourth-order valence-corrected chi connectivity index (χ4v) is 3.07. The van der Waals surface area contributed by atoms with Crippen LogP contribution >= 0.6 is 23.4 Å². The lowest BCUT2D eigenvalue weighted by Gasteiger charge is -2.30. The van der Waals surface area contributed by atoms with Gasteiger partial charge in [-0.1, -0.05) is 11.6 Å². The first-order chi connectivity index (χ1) is 7.20. The van der Waals surface area contributed by atoms with Gasteiger partial charge < -0.3 is 5.32 Å². The molecule has 1 N–H and O–H groups in total. The molecule has 1 aliphatic rings. The van der Waals surface area contributed by atoms with E-state index in [-0.39, 0.29) is 0 Å². The number of hydrogen-bond donors (Lipinski definition) is 1. The summed E-state index contributed by atoms with van der Waals surface area (Å²) in [6.45, 7) is 2.10. The number of nitrogens with one attached hydrogen (secondary N) is 1. The van der Waals surface area contributed by atoms with Crippen molar-refractivity contribution in [1.82, 2.24) is 0 Å². The Balaban J connectivity index is 2.27. The van der Waals surface area contributed by atoms with Crippen LogP contribution in [0.5, 0.6) is 0 Å². The van der Waals surface area contributed by atoms with E-state index in [4.69, 9.17) is 16.9 Å². The Bertz CT molecular complexity index is 414. The van der Waals surface area contributed by atoms with Crippen molar-refractivity contribution in [2.75, 3.05) is 5.32 Å². The van der Waals surface area contributed by atoms with Crippen molar-refractivity contribution in [3.05, 3.63) is 23.2 Å². The van der Waals surface area contributed by atoms with Gasteiger partial charge in [0.05, 0.1) is 6.07 Å². The van der Waals surface area contributed by atoms with Gasteiger partial charge in [-0.3, -0.25) is 0 Å². The zero-order valence-corrected chi connectivity index (χ0v) is 9.90. The van der Waals surface area contributed by atoms with Crippen molar-refractivity contribution in [2.24, 2.45) is 0 Å². The minimum atomic E-state index is 0.306. The van der Waals surface area contributed by atoms with Crippen molar-refractivity contribution in [1.29, 1.82) is 5.26 Å². The molecular weight excluding hydrogens is 228 g/mol. The van der Waals surface area contributed by atoms with E-state index >= 15 is 0 Å². The lowest BCUT2D eigenvalue weighted by atomic mass is 10.1. The number of nitrogens with zero attached hydrogens (tertiary/aromatic N) is 1. The Hall–Kier alpha value is -0.850. The largest absolute Gasteiger partial charge is 0.381 e. The van der Waals surface area contributed by atoms with Crippen molar-refractivity contribution in [3.63, 3.8) is 0 Å². The zero-order valence-electron chi connectivity index (χ0n) is 8.33. The Kier molecular flexibility index (Phi) is 3.08. The SMILES string of the molecule is CC1Nc2ccc(Cl)cc2SC1CC#N. The van der Waals surface area contributed by atoms with E-state index in [9.17, 15) is 0 Å². The van der Waals surface area contributed by atoms with Crippen LogP contribution in [0.3, 0.4) is 0 Å². The standard InChI is InChI=1S/C11H11ClN2S/c1-7-10(4-5-13)15-11-6-8(12)2-3-9(11)14-7/h2-3,6-7,10,14H,4H2,1H3. The Labute approximate surface area is 98.6 Å². The fourth-order valence-electron chi connectivity index (χ4n) is 1.62. The van der Waals surface area contributed by atoms with Crippen LogP contribution in [0.2, 0.25) is 5.02 Å². The molecule has 1 aliphatic heterocycles. The van der Waals surface area contributed by atoms with Crippen LogP contribution in [0.15, 0.2) is 23.1 Å². The first kappa shape index (κ1) is 10.7. The highest BCUT2D eigenvalue weighted by atomic mass is 35.5. The molecule has 4 heteroatoms. The molecule has 0 bridgehead atoms. The van der Waals surface area contributed by atoms with E-state index in [0.29, 0.717) is 17.7 Å². The third kappa shape index (κ3) is 2.22. The predicted molar refractivity (Wildman–Crippen MR) is 64.4 cm³/mol. The highest BCUT2D eigenvalue weighted by Gasteiger charge is 2.25. The van der Waals surface area contributed by atoms with Gasteiger partial charge in [0, 0.05) is 33.3 Å². The molecule has 0 amide bonds. The molecular formula is C11H11ClN2S. The van der Waals surface area contributed by atoms with Crippen LogP contribution in [0.1, 0.15) is 13.3 Å². The minimum absolute atomic E-state index is 0.306. The predicted octanol–water partition coefficient (Wildman–Crippen LogP) is 3.53. The average Bonchev–Trinajstić information content (AvgIpc) is 2.20. The smallest absolute Gasteiger partial charge is 0.0634 e. The van der Waals surface area contributed by atoms with Crippen molar-refractivity contribution < 1.29 is 0 Å². The van der Waals surface area contributed by atoms with Gasteiger partial charge >= 0.3 is 0 Å². The van der Waals surface area contributed by atoms with Gasteiger partial charge in [-0.15, -0.1) is 11.8 Å². The highest BCUT2D eigenvalue weighted by molar-refractivity contribution is 8.00. The molecule has 0 aromatic heterocycles. The molecule has 1 heterocycles. The molecule has 0 saturated heterocycles. The number of anilines is 1. The summed E-state index contributed by atoms with van der Waals surface area (Å²) in [7, 11) is 0. The zero-order chi connectivity index (χ0) is 10.8. The maximum atomic E-state index is 8.72. The summed E-state index contributed by atoms with van der Waals surface area (Å²) in [4.78, 5) is 1.14. The van der Waals surface area contributed by atoms with E-state index in [1.165, 1.54) is 0 Å². The third-order valence-corrected chi connectivity index (χ3v) is 4.16. The average molecular weight is 239 g/mol. The molecule has 0 spiro atoms. The number of halogens is 1. The van der Waals surface area contributed by atoms with Gasteiger partial charge in [0.1, 0.15) is 0 Å². The first-order valence-electron chi connectivity index (χ1n) is 4.80. The van der Waals surface area contributed by atoms with Crippen molar-refractivity contribution in [3.8, 4) is 6.07 Å². The van der Waals surface area contributed by atoms with E-state index in [2.05, 4.69) is 18.3 Å². The van der Waals surface area contributed by atoms with E-state index < -0.39 is 0 Å². The van der Waals surface area contributed by atoms with Gasteiger partial charge in [-0.05, 0) is 25.1 Å². The molecule has 1 aromatic carbocycles. The highest BCUT2D eigenvalue weighted by Crippen LogP contribution is 2.40. The number of fused-ring (bicyclic) bond motifs is 1. The van der Waals surface area contributed by atoms with Crippen LogP contribution < -0.4 is 5.32 Å². The summed E-state index contributed by atoms with van der Waals surface area (Å²) < 4.78 is 0. The summed E-state index contributed by atoms with van der Waals surface area (Å²) >= 11 is 7.67. The molecule has 0 radical (unpaired) electrons. The van der Waals surface area contributed by atoms with Gasteiger partial charge in [0.2, 0.25) is 0 Å². The minimum Gasteiger partial charge on any atom is -0.381 e. The molecule has 2 rings (SSSR count). The topological polar surface area (TPSA) is 35.8 Å². The third-order valence-electron chi connectivity index (χ3n) is 2.46. The summed E-state index contributed by atoms with van der Waals surface area (Å²) in [6, 6.07) is 8.36. The molecule has 78 valence electrons. The number of benzene rings is 1. The maximum absolute atomic E-state index is 8.72. The molecule has 0 aliphatic carbocycles. The van der Waals surface area contributed by atoms with Gasteiger partial charge in [-0.25, -0.2) is 0 Å². The summed E-state index contributed by atoms with van der Waals surface area (Å²) in [5.74, 6) is 0. The van der Waals surface area contributed by atoms with Crippen LogP contribution in [0.25, 0.3) is 0 Å². The summed E-state index contributed by atoms with van der Waals surface area (Å²) in [6.07, 6.45) is 0.560. The van der Waals surface area contributed by atoms with Gasteiger partial charge in [0.25, 0.3) is 0 Å². The first-order valence-corrected chi connectivity index (χ1v) is 6.06. The number of hydrogen-bond acceptors (Lipinski definition) is 3. The second-order valence-corrected chi connectivity index (χ2v) is 5.31. The van der Waals surface area contributed by atoms with Gasteiger partial charge in [0.15, 0.2) is 0 Å². The van der Waals surface area contributed by atoms with Crippen LogP contribution in [-0.4, -0.2) is 11.3 Å². The lowest BCUT2D eigenvalue weighted by Crippen LogP contribution is -2.31. The molecule has 2 unspecified atom stereocenters. The molecule has 2 atom stereocenters. The van der Waals surface area contributed by atoms with Crippen molar-refractivity contribution >= 4 is 29.1 Å². The van der Waals surface area contributed by atoms with Crippen LogP contribution in [-0.2, 0) is 0 Å². The second-order valence-electron chi connectivity index (χ2n) is 3.59. The van der Waals surface area contributed by atoms with E-state index in [1.807, 2.05) is 18.2 Å². The van der Waals surface area contributed by atoms with E-state index in [0.717, 1.165) is 15.6 Å².